The van der Waals surface area contributed by atoms with Crippen LogP contribution in [-0.2, 0) is 36.5 Å². The molecule has 0 fully saturated rings. The first-order valence-electron chi connectivity index (χ1n) is 11.4. The van der Waals surface area contributed by atoms with Crippen molar-refractivity contribution in [2.24, 2.45) is 0 Å². The molecule has 0 saturated carbocycles. The summed E-state index contributed by atoms with van der Waals surface area (Å²) in [5, 5.41) is 12.5. The van der Waals surface area contributed by atoms with Crippen molar-refractivity contribution in [2.45, 2.75) is 44.7 Å². The Bertz CT molecular complexity index is 1070. The number of hydrogen-bond acceptors (Lipinski definition) is 6. The van der Waals surface area contributed by atoms with Crippen LogP contribution >= 0.6 is 7.82 Å². The monoisotopic (exact) mass is 522 g/mol. The molecule has 0 spiro atoms. The fourth-order valence-electron chi connectivity index (χ4n) is 3.88. The lowest BCUT2D eigenvalue weighted by Crippen LogP contribution is -2.53. The molecule has 1 amide bonds. The highest BCUT2D eigenvalue weighted by Crippen LogP contribution is 2.27. The van der Waals surface area contributed by atoms with Gasteiger partial charge >= 0.3 is 19.8 Å². The van der Waals surface area contributed by atoms with Gasteiger partial charge in [-0.25, -0.2) is 4.57 Å². The summed E-state index contributed by atoms with van der Waals surface area (Å²) < 4.78 is 14.1. The Hall–Kier alpha value is -3.08. The zero-order valence-electron chi connectivity index (χ0n) is 19.8. The normalized spacial score (nSPS) is 16.2. The second kappa shape index (κ2) is 13.9. The quantitative estimate of drug-likeness (QED) is 0.241. The molecule has 2 aromatic rings. The van der Waals surface area contributed by atoms with E-state index in [1.54, 1.807) is 19.1 Å². The molecule has 5 N–H and O–H groups in total. The summed E-state index contributed by atoms with van der Waals surface area (Å²) in [5.74, 6) is -1.84. The van der Waals surface area contributed by atoms with E-state index in [9.17, 15) is 19.5 Å². The molecule has 2 aromatic carbocycles. The van der Waals surface area contributed by atoms with E-state index in [-0.39, 0.29) is 12.5 Å². The van der Waals surface area contributed by atoms with Crippen LogP contribution in [0.1, 0.15) is 30.9 Å². The average molecular weight is 522 g/mol. The largest absolute Gasteiger partial charge is 0.480 e. The fraction of sp³-hybridized carbons (Fsp3) is 0.375. The summed E-state index contributed by atoms with van der Waals surface area (Å²) in [6, 6.07) is 15.8. The number of carboxylic acids is 1. The van der Waals surface area contributed by atoms with Gasteiger partial charge in [-0.05, 0) is 49.8 Å². The van der Waals surface area contributed by atoms with E-state index in [2.05, 4.69) is 5.32 Å². The van der Waals surface area contributed by atoms with Crippen LogP contribution in [0.4, 0.5) is 5.69 Å². The van der Waals surface area contributed by atoms with E-state index >= 15 is 0 Å². The molecule has 2 atom stereocenters. The van der Waals surface area contributed by atoms with Crippen LogP contribution in [0.15, 0.2) is 54.6 Å². The third-order valence-electron chi connectivity index (χ3n) is 5.38. The molecule has 11 nitrogen and oxygen atoms in total. The number of nitrogens with zero attached hydrogens (tertiary/aromatic N) is 1. The van der Waals surface area contributed by atoms with Crippen molar-refractivity contribution in [3.8, 4) is 0 Å². The summed E-state index contributed by atoms with van der Waals surface area (Å²) in [6.45, 7) is 1.56. The Balaban J connectivity index is 0.000000830. The van der Waals surface area contributed by atoms with Crippen molar-refractivity contribution in [1.29, 1.82) is 0 Å². The fourth-order valence-corrected chi connectivity index (χ4v) is 3.88. The van der Waals surface area contributed by atoms with E-state index in [0.29, 0.717) is 31.4 Å². The second-order valence-corrected chi connectivity index (χ2v) is 9.07. The van der Waals surface area contributed by atoms with Gasteiger partial charge < -0.3 is 24.5 Å². The summed E-state index contributed by atoms with van der Waals surface area (Å²) in [6.07, 6.45) is 2.19. The number of ether oxygens (including phenoxy) is 1. The first-order chi connectivity index (χ1) is 17.0. The molecule has 0 aromatic heterocycles. The van der Waals surface area contributed by atoms with E-state index in [1.165, 1.54) is 4.90 Å². The summed E-state index contributed by atoms with van der Waals surface area (Å²) in [4.78, 5) is 60.2. The first kappa shape index (κ1) is 29.2. The zero-order chi connectivity index (χ0) is 26.7. The SMILES string of the molecule is CCOC(=O)C(CCc1ccccc1)N[C@H]1CCc2ccccc2N(CC(=O)O)C1=O.O=P(O)(O)O. The standard InChI is InChI=1S/C24H28N2O5.H3O4P/c1-2-31-24(30)20(14-12-17-8-4-3-5-9-17)25-19-15-13-18-10-6-7-11-21(18)26(23(19)29)16-22(27)28;1-5(2,3)4/h3-11,19-20,25H,2,12-16H2,1H3,(H,27,28);(H3,1,2,3,4)/t19-,20?;/m0./s1. The Kier molecular flexibility index (Phi) is 11.2. The minimum Gasteiger partial charge on any atom is -0.480 e. The van der Waals surface area contributed by atoms with Crippen LogP contribution in [0.5, 0.6) is 0 Å². The Morgan fingerprint density at radius 2 is 1.72 bits per heavy atom. The van der Waals surface area contributed by atoms with Crippen LogP contribution in [0, 0.1) is 0 Å². The van der Waals surface area contributed by atoms with E-state index in [4.69, 9.17) is 24.0 Å². The molecule has 1 aliphatic heterocycles. The summed E-state index contributed by atoms with van der Waals surface area (Å²) in [7, 11) is -4.64. The number of benzene rings is 2. The van der Waals surface area contributed by atoms with Crippen molar-refractivity contribution in [2.75, 3.05) is 18.1 Å². The summed E-state index contributed by atoms with van der Waals surface area (Å²) >= 11 is 0. The smallest absolute Gasteiger partial charge is 0.466 e. The predicted octanol–water partition coefficient (Wildman–Crippen LogP) is 1.64. The van der Waals surface area contributed by atoms with Crippen molar-refractivity contribution in [3.05, 3.63) is 65.7 Å². The van der Waals surface area contributed by atoms with Crippen molar-refractivity contribution >= 4 is 31.4 Å². The number of para-hydroxylation sites is 1. The molecule has 1 aliphatic rings. The highest BCUT2D eigenvalue weighted by molar-refractivity contribution is 7.45. The molecule has 1 unspecified atom stereocenters. The molecular formula is C24H31N2O9P. The van der Waals surface area contributed by atoms with Crippen molar-refractivity contribution in [3.63, 3.8) is 0 Å². The zero-order valence-corrected chi connectivity index (χ0v) is 20.7. The molecule has 3 rings (SSSR count). The molecule has 36 heavy (non-hydrogen) atoms. The average Bonchev–Trinajstić information content (AvgIpc) is 2.93. The number of fused-ring (bicyclic) bond motifs is 1. The lowest BCUT2D eigenvalue weighted by Gasteiger charge is -2.27. The van der Waals surface area contributed by atoms with Gasteiger partial charge in [0.15, 0.2) is 0 Å². The molecular weight excluding hydrogens is 491 g/mol. The Labute approximate surface area is 209 Å². The van der Waals surface area contributed by atoms with Gasteiger partial charge in [0, 0.05) is 5.69 Å². The number of rotatable bonds is 9. The van der Waals surface area contributed by atoms with Gasteiger partial charge in [0.05, 0.1) is 12.6 Å². The number of amides is 1. The number of carbonyl (C=O) groups is 3. The highest BCUT2D eigenvalue weighted by Gasteiger charge is 2.34. The van der Waals surface area contributed by atoms with E-state index < -0.39 is 38.4 Å². The van der Waals surface area contributed by atoms with Gasteiger partial charge in [-0.2, -0.15) is 0 Å². The minimum absolute atomic E-state index is 0.248. The van der Waals surface area contributed by atoms with Gasteiger partial charge in [0.25, 0.3) is 0 Å². The molecule has 1 heterocycles. The van der Waals surface area contributed by atoms with Crippen molar-refractivity contribution in [1.82, 2.24) is 5.32 Å². The maximum Gasteiger partial charge on any atom is 0.466 e. The number of aryl methyl sites for hydroxylation is 2. The number of esters is 1. The van der Waals surface area contributed by atoms with Gasteiger partial charge in [-0.3, -0.25) is 24.6 Å². The number of carbonyl (C=O) groups excluding carboxylic acids is 2. The molecule has 196 valence electrons. The van der Waals surface area contributed by atoms with Crippen LogP contribution in [0.2, 0.25) is 0 Å². The summed E-state index contributed by atoms with van der Waals surface area (Å²) in [5.41, 5.74) is 2.61. The maximum atomic E-state index is 13.3. The molecule has 0 radical (unpaired) electrons. The lowest BCUT2D eigenvalue weighted by molar-refractivity contribution is -0.146. The number of carboxylic acid groups (broad SMARTS) is 1. The molecule has 0 bridgehead atoms. The molecule has 0 aliphatic carbocycles. The number of phosphoric acid groups is 1. The van der Waals surface area contributed by atoms with Gasteiger partial charge in [0.1, 0.15) is 12.6 Å². The topological polar surface area (TPSA) is 174 Å². The van der Waals surface area contributed by atoms with Gasteiger partial charge in [0.2, 0.25) is 5.91 Å². The second-order valence-electron chi connectivity index (χ2n) is 8.05. The third kappa shape index (κ3) is 9.88. The Morgan fingerprint density at radius 1 is 1.11 bits per heavy atom. The number of aliphatic carboxylic acids is 1. The van der Waals surface area contributed by atoms with E-state index in [1.807, 2.05) is 42.5 Å². The lowest BCUT2D eigenvalue weighted by atomic mass is 10.0. The molecule has 0 saturated heterocycles. The minimum atomic E-state index is -4.64. The van der Waals surface area contributed by atoms with Crippen molar-refractivity contribution < 1.29 is 43.5 Å². The van der Waals surface area contributed by atoms with Gasteiger partial charge in [-0.15, -0.1) is 0 Å². The van der Waals surface area contributed by atoms with Crippen LogP contribution in [0.25, 0.3) is 0 Å². The highest BCUT2D eigenvalue weighted by atomic mass is 31.2. The van der Waals surface area contributed by atoms with E-state index in [0.717, 1.165) is 11.1 Å². The maximum absolute atomic E-state index is 13.3. The van der Waals surface area contributed by atoms with Crippen LogP contribution in [0.3, 0.4) is 0 Å². The van der Waals surface area contributed by atoms with Gasteiger partial charge in [-0.1, -0.05) is 48.5 Å². The van der Waals surface area contributed by atoms with Crippen LogP contribution in [-0.4, -0.2) is 62.9 Å². The first-order valence-corrected chi connectivity index (χ1v) is 12.9. The number of nitrogens with one attached hydrogen (secondary N) is 1. The predicted molar refractivity (Wildman–Crippen MR) is 131 cm³/mol. The molecule has 12 heteroatoms. The van der Waals surface area contributed by atoms with Crippen LogP contribution < -0.4 is 10.2 Å². The Morgan fingerprint density at radius 3 is 2.33 bits per heavy atom. The number of anilines is 1. The number of hydrogen-bond donors (Lipinski definition) is 5. The third-order valence-corrected chi connectivity index (χ3v) is 5.38.